The molecule has 0 saturated carbocycles. The third-order valence-electron chi connectivity index (χ3n) is 3.12. The summed E-state index contributed by atoms with van der Waals surface area (Å²) in [5.41, 5.74) is 7.54. The predicted molar refractivity (Wildman–Crippen MR) is 78.7 cm³/mol. The number of aromatic nitrogens is 1. The Balaban J connectivity index is 2.36. The highest BCUT2D eigenvalue weighted by atomic mass is 32.2. The van der Waals surface area contributed by atoms with Gasteiger partial charge in [-0.05, 0) is 37.3 Å². The van der Waals surface area contributed by atoms with E-state index in [-0.39, 0.29) is 4.90 Å². The highest BCUT2D eigenvalue weighted by Crippen LogP contribution is 2.18. The number of aryl methyl sites for hydroxylation is 1. The van der Waals surface area contributed by atoms with Crippen LogP contribution in [0.3, 0.4) is 0 Å². The maximum absolute atomic E-state index is 12.3. The fourth-order valence-electron chi connectivity index (χ4n) is 1.93. The zero-order valence-corrected chi connectivity index (χ0v) is 12.3. The van der Waals surface area contributed by atoms with Crippen LogP contribution in [0.4, 0.5) is 11.4 Å². The minimum absolute atomic E-state index is 0.193. The smallest absolute Gasteiger partial charge is 0.262 e. The Morgan fingerprint density at radius 1 is 1.20 bits per heavy atom. The van der Waals surface area contributed by atoms with Crippen LogP contribution in [-0.2, 0) is 16.6 Å². The Bertz CT molecular complexity index is 710. The van der Waals surface area contributed by atoms with E-state index in [1.165, 1.54) is 12.1 Å². The molecule has 2 rings (SSSR count). The number of rotatable bonds is 4. The third-order valence-corrected chi connectivity index (χ3v) is 4.51. The molecule has 0 saturated heterocycles. The Kier molecular flexibility index (Phi) is 3.94. The summed E-state index contributed by atoms with van der Waals surface area (Å²) in [6.07, 6.45) is 1.91. The number of benzene rings is 1. The van der Waals surface area contributed by atoms with Crippen molar-refractivity contribution in [1.82, 2.24) is 0 Å². The molecule has 1 aromatic carbocycles. The first-order valence-electron chi connectivity index (χ1n) is 6.31. The summed E-state index contributed by atoms with van der Waals surface area (Å²) < 4.78 is 29.2. The minimum atomic E-state index is -3.60. The van der Waals surface area contributed by atoms with Gasteiger partial charge in [0, 0.05) is 18.7 Å². The molecule has 20 heavy (non-hydrogen) atoms. The van der Waals surface area contributed by atoms with Crippen molar-refractivity contribution in [2.24, 2.45) is 0 Å². The van der Waals surface area contributed by atoms with E-state index in [1.54, 1.807) is 18.2 Å². The van der Waals surface area contributed by atoms with Crippen molar-refractivity contribution < 1.29 is 13.0 Å². The van der Waals surface area contributed by atoms with E-state index in [9.17, 15) is 8.42 Å². The maximum atomic E-state index is 12.3. The van der Waals surface area contributed by atoms with Crippen LogP contribution in [0.2, 0.25) is 0 Å². The number of hydrogen-bond acceptors (Lipinski definition) is 3. The quantitative estimate of drug-likeness (QED) is 0.665. The number of nitrogen functional groups attached to an aromatic ring is 1. The molecule has 1 aromatic heterocycles. The molecule has 0 unspecified atom stereocenters. The van der Waals surface area contributed by atoms with Crippen molar-refractivity contribution >= 4 is 21.4 Å². The molecule has 0 aliphatic carbocycles. The highest BCUT2D eigenvalue weighted by Gasteiger charge is 2.18. The van der Waals surface area contributed by atoms with Crippen LogP contribution < -0.4 is 15.0 Å². The summed E-state index contributed by atoms with van der Waals surface area (Å²) in [6, 6.07) is 9.68. The summed E-state index contributed by atoms with van der Waals surface area (Å²) in [5.74, 6) is 0. The molecule has 3 N–H and O–H groups in total. The second-order valence-electron chi connectivity index (χ2n) is 4.47. The summed E-state index contributed by atoms with van der Waals surface area (Å²) in [7, 11) is -3.60. The molecular formula is C14H18N3O2S+. The molecule has 0 radical (unpaired) electrons. The van der Waals surface area contributed by atoms with Gasteiger partial charge in [-0.15, -0.1) is 0 Å². The summed E-state index contributed by atoms with van der Waals surface area (Å²) in [6.45, 7) is 4.67. The molecule has 0 spiro atoms. The van der Waals surface area contributed by atoms with Gasteiger partial charge in [-0.1, -0.05) is 0 Å². The van der Waals surface area contributed by atoms with Crippen LogP contribution in [0.1, 0.15) is 12.6 Å². The van der Waals surface area contributed by atoms with Crippen molar-refractivity contribution in [2.75, 3.05) is 10.5 Å². The lowest BCUT2D eigenvalue weighted by Gasteiger charge is -2.09. The standard InChI is InChI=1S/C14H18N3O2S/c1-3-17-10-4-5-14(11(17)2)16-20(18,19)13-8-6-12(15)7-9-13/h4-10,16H,3,15H2,1-2H3/q+1. The number of hydrogen-bond donors (Lipinski definition) is 2. The van der Waals surface area contributed by atoms with Gasteiger partial charge in [0.25, 0.3) is 10.0 Å². The van der Waals surface area contributed by atoms with Gasteiger partial charge in [-0.2, -0.15) is 0 Å². The van der Waals surface area contributed by atoms with Crippen molar-refractivity contribution in [1.29, 1.82) is 0 Å². The van der Waals surface area contributed by atoms with E-state index in [0.29, 0.717) is 11.4 Å². The number of nitrogens with one attached hydrogen (secondary N) is 1. The maximum Gasteiger partial charge on any atom is 0.262 e. The van der Waals surface area contributed by atoms with Crippen LogP contribution >= 0.6 is 0 Å². The first-order valence-corrected chi connectivity index (χ1v) is 7.80. The molecule has 0 fully saturated rings. The molecular weight excluding hydrogens is 274 g/mol. The summed E-state index contributed by atoms with van der Waals surface area (Å²) in [5, 5.41) is 0. The van der Waals surface area contributed by atoms with Gasteiger partial charge in [0.15, 0.2) is 6.20 Å². The fraction of sp³-hybridized carbons (Fsp3) is 0.214. The molecule has 5 nitrogen and oxygen atoms in total. The Labute approximate surface area is 119 Å². The second-order valence-corrected chi connectivity index (χ2v) is 6.15. The number of sulfonamides is 1. The van der Waals surface area contributed by atoms with Crippen LogP contribution in [0, 0.1) is 6.92 Å². The SMILES string of the molecule is CC[n+]1cccc(NS(=O)(=O)c2ccc(N)cc2)c1C. The molecule has 2 aromatic rings. The number of pyridine rings is 1. The lowest BCUT2D eigenvalue weighted by atomic mass is 10.3. The van der Waals surface area contributed by atoms with Gasteiger partial charge >= 0.3 is 0 Å². The van der Waals surface area contributed by atoms with E-state index in [1.807, 2.05) is 30.7 Å². The number of nitrogens with zero attached hydrogens (tertiary/aromatic N) is 1. The molecule has 0 amide bonds. The Hall–Kier alpha value is -2.08. The van der Waals surface area contributed by atoms with Crippen LogP contribution in [0.25, 0.3) is 0 Å². The van der Waals surface area contributed by atoms with Crippen molar-refractivity contribution in [2.45, 2.75) is 25.3 Å². The minimum Gasteiger partial charge on any atom is -0.399 e. The lowest BCUT2D eigenvalue weighted by Crippen LogP contribution is -2.36. The first kappa shape index (κ1) is 14.3. The van der Waals surface area contributed by atoms with Crippen molar-refractivity contribution in [3.8, 4) is 0 Å². The first-order chi connectivity index (χ1) is 9.44. The van der Waals surface area contributed by atoms with Gasteiger partial charge < -0.3 is 5.73 Å². The zero-order valence-electron chi connectivity index (χ0n) is 11.5. The predicted octanol–water partition coefficient (Wildman–Crippen LogP) is 1.69. The Morgan fingerprint density at radius 3 is 2.45 bits per heavy atom. The van der Waals surface area contributed by atoms with Gasteiger partial charge in [-0.25, -0.2) is 13.0 Å². The normalized spacial score (nSPS) is 11.3. The lowest BCUT2D eigenvalue weighted by molar-refractivity contribution is -0.698. The van der Waals surface area contributed by atoms with E-state index >= 15 is 0 Å². The summed E-state index contributed by atoms with van der Waals surface area (Å²) >= 11 is 0. The summed E-state index contributed by atoms with van der Waals surface area (Å²) in [4.78, 5) is 0.193. The van der Waals surface area contributed by atoms with Gasteiger partial charge in [0.1, 0.15) is 12.2 Å². The van der Waals surface area contributed by atoms with E-state index in [2.05, 4.69) is 4.72 Å². The van der Waals surface area contributed by atoms with Crippen LogP contribution in [0.5, 0.6) is 0 Å². The average molecular weight is 292 g/mol. The average Bonchev–Trinajstić information content (AvgIpc) is 2.41. The van der Waals surface area contributed by atoms with E-state index in [4.69, 9.17) is 5.73 Å². The molecule has 106 valence electrons. The molecule has 1 heterocycles. The van der Waals surface area contributed by atoms with Gasteiger partial charge in [0.2, 0.25) is 5.69 Å². The van der Waals surface area contributed by atoms with Crippen LogP contribution in [-0.4, -0.2) is 8.42 Å². The number of anilines is 2. The molecule has 0 bridgehead atoms. The second kappa shape index (κ2) is 5.50. The Morgan fingerprint density at radius 2 is 1.85 bits per heavy atom. The topological polar surface area (TPSA) is 76.1 Å². The third kappa shape index (κ3) is 2.91. The molecule has 0 atom stereocenters. The van der Waals surface area contributed by atoms with E-state index in [0.717, 1.165) is 12.2 Å². The molecule has 0 aliphatic rings. The van der Waals surface area contributed by atoms with Gasteiger partial charge in [0.05, 0.1) is 4.90 Å². The largest absolute Gasteiger partial charge is 0.399 e. The highest BCUT2D eigenvalue weighted by molar-refractivity contribution is 7.92. The van der Waals surface area contributed by atoms with Gasteiger partial charge in [-0.3, -0.25) is 4.72 Å². The van der Waals surface area contributed by atoms with E-state index < -0.39 is 10.0 Å². The fourth-order valence-corrected chi connectivity index (χ4v) is 3.05. The zero-order chi connectivity index (χ0) is 14.8. The number of nitrogens with two attached hydrogens (primary N) is 1. The molecule has 6 heteroatoms. The van der Waals surface area contributed by atoms with Crippen LogP contribution in [0.15, 0.2) is 47.5 Å². The molecule has 0 aliphatic heterocycles. The van der Waals surface area contributed by atoms with Crippen molar-refractivity contribution in [3.05, 3.63) is 48.3 Å². The van der Waals surface area contributed by atoms with Crippen molar-refractivity contribution in [3.63, 3.8) is 0 Å². The monoisotopic (exact) mass is 292 g/mol.